The predicted octanol–water partition coefficient (Wildman–Crippen LogP) is 5.32. The fraction of sp³-hybridized carbons (Fsp3) is 0.667. The fourth-order valence-electron chi connectivity index (χ4n) is 2.49. The summed E-state index contributed by atoms with van der Waals surface area (Å²) in [6.45, 7) is 8.32. The lowest BCUT2D eigenvalue weighted by Gasteiger charge is -2.29. The molecule has 0 unspecified atom stereocenters. The first kappa shape index (κ1) is 18.4. The van der Waals surface area contributed by atoms with Gasteiger partial charge in [0.2, 0.25) is 0 Å². The Morgan fingerprint density at radius 3 is 2.10 bits per heavy atom. The molecule has 0 aliphatic rings. The maximum absolute atomic E-state index is 6.26. The highest BCUT2D eigenvalue weighted by Gasteiger charge is 2.33. The second-order valence-corrected chi connectivity index (χ2v) is 9.42. The minimum absolute atomic E-state index is 0.785. The lowest BCUT2D eigenvalue weighted by molar-refractivity contribution is 0.167. The summed E-state index contributed by atoms with van der Waals surface area (Å²) in [7, 11) is -1.96. The molecular formula is C18H32O2Si. The van der Waals surface area contributed by atoms with Gasteiger partial charge in [-0.25, -0.2) is 0 Å². The zero-order valence-electron chi connectivity index (χ0n) is 14.1. The Balaban J connectivity index is 2.33. The van der Waals surface area contributed by atoms with Gasteiger partial charge < -0.3 is 8.85 Å². The van der Waals surface area contributed by atoms with Gasteiger partial charge in [-0.05, 0) is 30.5 Å². The molecule has 0 fully saturated rings. The van der Waals surface area contributed by atoms with E-state index in [-0.39, 0.29) is 0 Å². The highest BCUT2D eigenvalue weighted by molar-refractivity contribution is 6.67. The van der Waals surface area contributed by atoms with E-state index in [0.717, 1.165) is 31.7 Å². The lowest BCUT2D eigenvalue weighted by atomic mass is 10.2. The molecule has 0 radical (unpaired) electrons. The minimum Gasteiger partial charge on any atom is -0.394 e. The van der Waals surface area contributed by atoms with Crippen LogP contribution in [-0.4, -0.2) is 21.8 Å². The summed E-state index contributed by atoms with van der Waals surface area (Å²) in [5.74, 6) is 0. The molecule has 0 aromatic heterocycles. The van der Waals surface area contributed by atoms with E-state index in [0.29, 0.717) is 0 Å². The molecule has 0 aliphatic carbocycles. The summed E-state index contributed by atoms with van der Waals surface area (Å²) in [5.41, 5.74) is 1.34. The molecular weight excluding hydrogens is 276 g/mol. The fourth-order valence-corrected chi connectivity index (χ4v) is 4.88. The van der Waals surface area contributed by atoms with Gasteiger partial charge in [0.25, 0.3) is 0 Å². The van der Waals surface area contributed by atoms with Crippen LogP contribution in [0.2, 0.25) is 12.1 Å². The molecule has 2 nitrogen and oxygen atoms in total. The van der Waals surface area contributed by atoms with E-state index in [2.05, 4.69) is 51.1 Å². The molecule has 0 N–H and O–H groups in total. The average molecular weight is 309 g/mol. The number of rotatable bonds is 12. The molecule has 0 heterocycles. The van der Waals surface area contributed by atoms with Crippen molar-refractivity contribution in [2.24, 2.45) is 0 Å². The van der Waals surface area contributed by atoms with E-state index >= 15 is 0 Å². The SMILES string of the molecule is CCCCCCO[Si](CC)(CC)OCCc1ccccc1. The molecule has 120 valence electrons. The Kier molecular flexibility index (Phi) is 9.64. The molecule has 0 spiro atoms. The molecule has 1 aromatic rings. The normalized spacial score (nSPS) is 11.8. The van der Waals surface area contributed by atoms with Crippen LogP contribution in [0.3, 0.4) is 0 Å². The third-order valence-corrected chi connectivity index (χ3v) is 7.65. The Morgan fingerprint density at radius 2 is 1.48 bits per heavy atom. The van der Waals surface area contributed by atoms with Crippen LogP contribution < -0.4 is 0 Å². The highest BCUT2D eigenvalue weighted by atomic mass is 28.4. The van der Waals surface area contributed by atoms with Crippen molar-refractivity contribution >= 4 is 8.56 Å². The van der Waals surface area contributed by atoms with Crippen LogP contribution in [0.4, 0.5) is 0 Å². The Morgan fingerprint density at radius 1 is 0.810 bits per heavy atom. The van der Waals surface area contributed by atoms with Gasteiger partial charge >= 0.3 is 8.56 Å². The molecule has 1 rings (SSSR count). The third kappa shape index (κ3) is 7.25. The van der Waals surface area contributed by atoms with E-state index in [9.17, 15) is 0 Å². The summed E-state index contributed by atoms with van der Waals surface area (Å²) in [4.78, 5) is 0. The molecule has 1 aromatic carbocycles. The van der Waals surface area contributed by atoms with Gasteiger partial charge in [-0.3, -0.25) is 0 Å². The van der Waals surface area contributed by atoms with Gasteiger partial charge in [0, 0.05) is 13.2 Å². The van der Waals surface area contributed by atoms with E-state index in [1.807, 2.05) is 0 Å². The van der Waals surface area contributed by atoms with Crippen LogP contribution in [-0.2, 0) is 15.3 Å². The standard InChI is InChI=1S/C18H32O2Si/c1-4-7-8-12-16-19-21(5-2,6-3)20-17-15-18-13-10-9-11-14-18/h9-11,13-14H,4-8,12,15-17H2,1-3H3. The Hall–Kier alpha value is -0.643. The number of unbranched alkanes of at least 4 members (excludes halogenated alkanes) is 3. The first-order valence-electron chi connectivity index (χ1n) is 8.58. The summed E-state index contributed by atoms with van der Waals surface area (Å²) in [6, 6.07) is 12.7. The van der Waals surface area contributed by atoms with E-state index in [1.54, 1.807) is 0 Å². The van der Waals surface area contributed by atoms with Crippen molar-refractivity contribution in [3.05, 3.63) is 35.9 Å². The first-order valence-corrected chi connectivity index (χ1v) is 10.8. The largest absolute Gasteiger partial charge is 0.394 e. The number of hydrogen-bond donors (Lipinski definition) is 0. The van der Waals surface area contributed by atoms with Gasteiger partial charge in [0.1, 0.15) is 0 Å². The molecule has 0 saturated heterocycles. The zero-order valence-corrected chi connectivity index (χ0v) is 15.1. The van der Waals surface area contributed by atoms with Gasteiger partial charge in [-0.15, -0.1) is 0 Å². The molecule has 0 bridgehead atoms. The predicted molar refractivity (Wildman–Crippen MR) is 92.9 cm³/mol. The average Bonchev–Trinajstić information content (AvgIpc) is 2.54. The zero-order chi connectivity index (χ0) is 15.4. The van der Waals surface area contributed by atoms with Gasteiger partial charge in [0.15, 0.2) is 0 Å². The van der Waals surface area contributed by atoms with Crippen LogP contribution >= 0.6 is 0 Å². The van der Waals surface area contributed by atoms with Gasteiger partial charge in [0.05, 0.1) is 0 Å². The van der Waals surface area contributed by atoms with Crippen LogP contribution in [0, 0.1) is 0 Å². The van der Waals surface area contributed by atoms with Crippen LogP contribution in [0.1, 0.15) is 52.0 Å². The maximum atomic E-state index is 6.26. The molecule has 3 heteroatoms. The smallest absolute Gasteiger partial charge is 0.337 e. The Labute approximate surface area is 132 Å². The number of hydrogen-bond acceptors (Lipinski definition) is 2. The first-order chi connectivity index (χ1) is 10.3. The summed E-state index contributed by atoms with van der Waals surface area (Å²) >= 11 is 0. The van der Waals surface area contributed by atoms with E-state index in [1.165, 1.54) is 31.2 Å². The van der Waals surface area contributed by atoms with Gasteiger partial charge in [-0.1, -0.05) is 70.4 Å². The van der Waals surface area contributed by atoms with Crippen molar-refractivity contribution in [1.29, 1.82) is 0 Å². The van der Waals surface area contributed by atoms with Crippen molar-refractivity contribution in [3.63, 3.8) is 0 Å². The van der Waals surface area contributed by atoms with Crippen LogP contribution in [0.5, 0.6) is 0 Å². The number of benzene rings is 1. The second kappa shape index (κ2) is 11.0. The van der Waals surface area contributed by atoms with Crippen molar-refractivity contribution in [2.75, 3.05) is 13.2 Å². The van der Waals surface area contributed by atoms with Crippen LogP contribution in [0.25, 0.3) is 0 Å². The lowest BCUT2D eigenvalue weighted by Crippen LogP contribution is -2.41. The van der Waals surface area contributed by atoms with Crippen LogP contribution in [0.15, 0.2) is 30.3 Å². The van der Waals surface area contributed by atoms with E-state index in [4.69, 9.17) is 8.85 Å². The minimum atomic E-state index is -1.96. The molecule has 21 heavy (non-hydrogen) atoms. The molecule has 0 aliphatic heterocycles. The maximum Gasteiger partial charge on any atom is 0.337 e. The summed E-state index contributed by atoms with van der Waals surface area (Å²) in [5, 5.41) is 0. The third-order valence-electron chi connectivity index (χ3n) is 4.04. The quantitative estimate of drug-likeness (QED) is 0.384. The van der Waals surface area contributed by atoms with Crippen molar-refractivity contribution < 1.29 is 8.85 Å². The second-order valence-electron chi connectivity index (χ2n) is 5.61. The van der Waals surface area contributed by atoms with E-state index < -0.39 is 8.56 Å². The molecule has 0 amide bonds. The van der Waals surface area contributed by atoms with Crippen molar-refractivity contribution in [1.82, 2.24) is 0 Å². The monoisotopic (exact) mass is 308 g/mol. The molecule has 0 atom stereocenters. The summed E-state index contributed by atoms with van der Waals surface area (Å²) < 4.78 is 12.5. The van der Waals surface area contributed by atoms with Crippen molar-refractivity contribution in [2.45, 2.75) is 65.0 Å². The van der Waals surface area contributed by atoms with Crippen molar-refractivity contribution in [3.8, 4) is 0 Å². The Bertz CT molecular complexity index is 349. The topological polar surface area (TPSA) is 18.5 Å². The highest BCUT2D eigenvalue weighted by Crippen LogP contribution is 2.20. The molecule has 0 saturated carbocycles. The van der Waals surface area contributed by atoms with Gasteiger partial charge in [-0.2, -0.15) is 0 Å². The summed E-state index contributed by atoms with van der Waals surface area (Å²) in [6.07, 6.45) is 6.01.